The molecule has 0 aliphatic rings. The van der Waals surface area contributed by atoms with Gasteiger partial charge in [0.05, 0.1) is 5.56 Å². The van der Waals surface area contributed by atoms with Crippen LogP contribution in [0.3, 0.4) is 0 Å². The third kappa shape index (κ3) is 2.26. The van der Waals surface area contributed by atoms with Crippen molar-refractivity contribution in [1.29, 1.82) is 0 Å². The highest BCUT2D eigenvalue weighted by atomic mass is 127. The van der Waals surface area contributed by atoms with E-state index in [1.165, 1.54) is 11.3 Å². The van der Waals surface area contributed by atoms with Crippen LogP contribution in [0.25, 0.3) is 26.9 Å². The first-order valence-electron chi connectivity index (χ1n) is 6.49. The first kappa shape index (κ1) is 13.6. The van der Waals surface area contributed by atoms with E-state index in [9.17, 15) is 5.11 Å². The molecule has 0 bridgehead atoms. The second-order valence-electron chi connectivity index (χ2n) is 4.65. The normalized spacial score (nSPS) is 11.1. The van der Waals surface area contributed by atoms with Gasteiger partial charge in [-0.3, -0.25) is 0 Å². The molecule has 0 saturated heterocycles. The van der Waals surface area contributed by atoms with Gasteiger partial charge in [-0.25, -0.2) is 0 Å². The van der Waals surface area contributed by atoms with E-state index < -0.39 is 0 Å². The Hall–Kier alpha value is -2.00. The summed E-state index contributed by atoms with van der Waals surface area (Å²) >= 11 is 3.62. The number of phenolic OH excluding ortho intramolecular Hbond substituents is 1. The largest absolute Gasteiger partial charge is 0.507 e. The third-order valence-corrected chi connectivity index (χ3v) is 4.81. The van der Waals surface area contributed by atoms with Crippen LogP contribution in [0.1, 0.15) is 0 Å². The zero-order valence-electron chi connectivity index (χ0n) is 11.1. The van der Waals surface area contributed by atoms with Gasteiger partial charge >= 0.3 is 0 Å². The van der Waals surface area contributed by atoms with Crippen LogP contribution in [-0.2, 0) is 0 Å². The summed E-state index contributed by atoms with van der Waals surface area (Å²) in [6.07, 6.45) is 0. The molecule has 2 heterocycles. The van der Waals surface area contributed by atoms with Gasteiger partial charge in [0.15, 0.2) is 10.8 Å². The van der Waals surface area contributed by atoms with Gasteiger partial charge in [-0.1, -0.05) is 41.7 Å². The topological polar surface area (TPSA) is 63.3 Å². The van der Waals surface area contributed by atoms with Gasteiger partial charge < -0.3 is 5.11 Å². The average Bonchev–Trinajstić information content (AvgIpc) is 3.10. The molecule has 0 radical (unpaired) electrons. The molecule has 0 spiro atoms. The Morgan fingerprint density at radius 1 is 1.05 bits per heavy atom. The highest BCUT2D eigenvalue weighted by Crippen LogP contribution is 2.34. The zero-order chi connectivity index (χ0) is 15.1. The lowest BCUT2D eigenvalue weighted by atomic mass is 10.2. The van der Waals surface area contributed by atoms with Gasteiger partial charge in [-0.15, -0.1) is 10.2 Å². The summed E-state index contributed by atoms with van der Waals surface area (Å²) in [6, 6.07) is 15.2. The second-order valence-corrected chi connectivity index (χ2v) is 6.85. The number of rotatable bonds is 2. The Balaban J connectivity index is 1.89. The molecule has 5 nitrogen and oxygen atoms in total. The predicted octanol–water partition coefficient (Wildman–Crippen LogP) is 3.83. The summed E-state index contributed by atoms with van der Waals surface area (Å²) in [5.41, 5.74) is 1.67. The van der Waals surface area contributed by atoms with Gasteiger partial charge in [0.1, 0.15) is 5.75 Å². The maximum absolute atomic E-state index is 10.1. The Kier molecular flexibility index (Phi) is 3.30. The van der Waals surface area contributed by atoms with Crippen molar-refractivity contribution in [2.45, 2.75) is 0 Å². The Morgan fingerprint density at radius 3 is 2.68 bits per heavy atom. The minimum Gasteiger partial charge on any atom is -0.507 e. The molecule has 0 aliphatic heterocycles. The highest BCUT2D eigenvalue weighted by Gasteiger charge is 2.16. The minimum absolute atomic E-state index is 0.214. The summed E-state index contributed by atoms with van der Waals surface area (Å²) in [6.45, 7) is 0. The lowest BCUT2D eigenvalue weighted by Gasteiger charge is -2.00. The zero-order valence-corrected chi connectivity index (χ0v) is 14.1. The maximum Gasteiger partial charge on any atom is 0.235 e. The molecule has 0 unspecified atom stereocenters. The van der Waals surface area contributed by atoms with Crippen molar-refractivity contribution in [3.8, 4) is 27.7 Å². The summed E-state index contributed by atoms with van der Waals surface area (Å²) in [5.74, 6) is 0.912. The number of benzene rings is 2. The molecule has 0 aliphatic carbocycles. The number of aromatic hydroxyl groups is 1. The minimum atomic E-state index is 0.214. The van der Waals surface area contributed by atoms with Crippen LogP contribution in [0.15, 0.2) is 48.5 Å². The highest BCUT2D eigenvalue weighted by molar-refractivity contribution is 14.1. The van der Waals surface area contributed by atoms with E-state index >= 15 is 0 Å². The van der Waals surface area contributed by atoms with Crippen molar-refractivity contribution in [1.82, 2.24) is 19.8 Å². The number of aromatic nitrogens is 4. The van der Waals surface area contributed by atoms with Crippen LogP contribution in [0.5, 0.6) is 5.75 Å². The van der Waals surface area contributed by atoms with Gasteiger partial charge in [0.2, 0.25) is 4.96 Å². The van der Waals surface area contributed by atoms with Crippen molar-refractivity contribution in [2.75, 3.05) is 0 Å². The van der Waals surface area contributed by atoms with Crippen molar-refractivity contribution >= 4 is 38.9 Å². The molecule has 0 amide bonds. The van der Waals surface area contributed by atoms with Crippen LogP contribution >= 0.6 is 33.9 Å². The van der Waals surface area contributed by atoms with E-state index in [4.69, 9.17) is 0 Å². The third-order valence-electron chi connectivity index (χ3n) is 3.21. The van der Waals surface area contributed by atoms with Crippen LogP contribution < -0.4 is 0 Å². The fourth-order valence-corrected chi connectivity index (χ4v) is 3.53. The monoisotopic (exact) mass is 420 g/mol. The van der Waals surface area contributed by atoms with Crippen LogP contribution in [0.4, 0.5) is 0 Å². The Bertz CT molecular complexity index is 964. The molecular weight excluding hydrogens is 411 g/mol. The van der Waals surface area contributed by atoms with E-state index in [1.54, 1.807) is 10.6 Å². The first-order valence-corrected chi connectivity index (χ1v) is 8.38. The molecule has 0 atom stereocenters. The van der Waals surface area contributed by atoms with Crippen molar-refractivity contribution < 1.29 is 5.11 Å². The van der Waals surface area contributed by atoms with Gasteiger partial charge in [0.25, 0.3) is 0 Å². The number of halogens is 1. The molecule has 0 fully saturated rings. The molecule has 0 saturated carbocycles. The maximum atomic E-state index is 10.1. The predicted molar refractivity (Wildman–Crippen MR) is 93.9 cm³/mol. The van der Waals surface area contributed by atoms with Gasteiger partial charge in [0, 0.05) is 9.13 Å². The number of fused-ring (bicyclic) bond motifs is 1. The smallest absolute Gasteiger partial charge is 0.235 e. The summed E-state index contributed by atoms with van der Waals surface area (Å²) in [7, 11) is 0. The molecule has 4 rings (SSSR count). The molecule has 108 valence electrons. The molecule has 1 N–H and O–H groups in total. The first-order chi connectivity index (χ1) is 10.7. The number of phenols is 1. The lowest BCUT2D eigenvalue weighted by Crippen LogP contribution is -1.91. The summed E-state index contributed by atoms with van der Waals surface area (Å²) < 4.78 is 2.76. The van der Waals surface area contributed by atoms with Crippen molar-refractivity contribution in [3.63, 3.8) is 0 Å². The van der Waals surface area contributed by atoms with Crippen molar-refractivity contribution in [2.24, 2.45) is 0 Å². The van der Waals surface area contributed by atoms with Crippen LogP contribution in [0, 0.1) is 3.57 Å². The van der Waals surface area contributed by atoms with E-state index in [1.807, 2.05) is 42.5 Å². The molecule has 22 heavy (non-hydrogen) atoms. The van der Waals surface area contributed by atoms with Gasteiger partial charge in [-0.05, 0) is 40.8 Å². The fourth-order valence-electron chi connectivity index (χ4n) is 2.17. The molecule has 4 aromatic rings. The van der Waals surface area contributed by atoms with Crippen molar-refractivity contribution in [3.05, 3.63) is 52.1 Å². The quantitative estimate of drug-likeness (QED) is 0.501. The Labute approximate surface area is 143 Å². The fraction of sp³-hybridized carbons (Fsp3) is 0. The average molecular weight is 420 g/mol. The van der Waals surface area contributed by atoms with Crippen LogP contribution in [0.2, 0.25) is 0 Å². The standard InChI is InChI=1S/C15H9IN4OS/c16-10-6-7-12(21)11(8-10)14-19-20-13(17-18-15(20)22-14)9-4-2-1-3-5-9/h1-8,21H. The van der Waals surface area contributed by atoms with E-state index in [2.05, 4.69) is 37.9 Å². The van der Waals surface area contributed by atoms with E-state index in [0.717, 1.165) is 14.1 Å². The second kappa shape index (κ2) is 5.33. The molecular formula is C15H9IN4OS. The Morgan fingerprint density at radius 2 is 1.86 bits per heavy atom. The van der Waals surface area contributed by atoms with Gasteiger partial charge in [-0.2, -0.15) is 9.61 Å². The summed E-state index contributed by atoms with van der Waals surface area (Å²) in [5, 5.41) is 23.7. The number of hydrogen-bond acceptors (Lipinski definition) is 5. The SMILES string of the molecule is Oc1ccc(I)cc1-c1nn2c(-c3ccccc3)nnc2s1. The number of nitrogens with zero attached hydrogens (tertiary/aromatic N) is 4. The molecule has 2 aromatic heterocycles. The number of hydrogen-bond donors (Lipinski definition) is 1. The lowest BCUT2D eigenvalue weighted by molar-refractivity contribution is 0.477. The molecule has 7 heteroatoms. The summed E-state index contributed by atoms with van der Waals surface area (Å²) in [4.78, 5) is 0.701. The van der Waals surface area contributed by atoms with E-state index in [-0.39, 0.29) is 5.75 Å². The molecule has 2 aromatic carbocycles. The van der Waals surface area contributed by atoms with Crippen LogP contribution in [-0.4, -0.2) is 24.9 Å². The van der Waals surface area contributed by atoms with E-state index in [0.29, 0.717) is 16.3 Å².